The van der Waals surface area contributed by atoms with Gasteiger partial charge in [-0.1, -0.05) is 0 Å². The molecule has 1 radical (unpaired) electrons. The predicted octanol–water partition coefficient (Wildman–Crippen LogP) is -1.57. The molecule has 0 aromatic heterocycles. The second kappa shape index (κ2) is 5.78. The predicted molar refractivity (Wildman–Crippen MR) is 22.7 cm³/mol. The van der Waals surface area contributed by atoms with Crippen molar-refractivity contribution in [1.29, 1.82) is 0 Å². The monoisotopic (exact) mass is 195 g/mol. The van der Waals surface area contributed by atoms with E-state index in [1.165, 1.54) is 0 Å². The van der Waals surface area contributed by atoms with Gasteiger partial charge in [-0.05, 0) is 0 Å². The molecule has 7 heavy (non-hydrogen) atoms. The van der Waals surface area contributed by atoms with Crippen LogP contribution in [0, 0.1) is 0 Å². The van der Waals surface area contributed by atoms with E-state index in [0.717, 1.165) is 0 Å². The molecular weight excluding hydrogens is 191 g/mol. The van der Waals surface area contributed by atoms with E-state index in [2.05, 4.69) is 0 Å². The van der Waals surface area contributed by atoms with Crippen LogP contribution in [0.5, 0.6) is 0 Å². The fraction of sp³-hybridized carbons (Fsp3) is 0. The van der Waals surface area contributed by atoms with Gasteiger partial charge in [0.2, 0.25) is 0 Å². The molecule has 0 heterocycles. The standard InChI is InChI=1S/Ca.Mn.H2O4S.2H/c;;1-5(2,3)4;;/h;;(H2,1,2,3,4);;. The molecule has 0 saturated carbocycles. The summed E-state index contributed by atoms with van der Waals surface area (Å²) < 4.78 is 31.6. The van der Waals surface area contributed by atoms with E-state index in [1.54, 1.807) is 0 Å². The van der Waals surface area contributed by atoms with E-state index in [-0.39, 0.29) is 54.8 Å². The van der Waals surface area contributed by atoms with Crippen molar-refractivity contribution in [2.45, 2.75) is 0 Å². The molecule has 0 unspecified atom stereocenters. The topological polar surface area (TPSA) is 74.6 Å². The minimum atomic E-state index is -4.67. The summed E-state index contributed by atoms with van der Waals surface area (Å²) >= 11 is 0. The van der Waals surface area contributed by atoms with Crippen LogP contribution < -0.4 is 0 Å². The first-order valence-electron chi connectivity index (χ1n) is 0.698. The molecule has 0 spiro atoms. The minimum absolute atomic E-state index is 0. The first-order valence-corrected chi connectivity index (χ1v) is 2.10. The van der Waals surface area contributed by atoms with Crippen LogP contribution in [0.25, 0.3) is 0 Å². The van der Waals surface area contributed by atoms with Crippen molar-refractivity contribution in [2.24, 2.45) is 0 Å². The van der Waals surface area contributed by atoms with Crippen LogP contribution in [0.1, 0.15) is 0 Å². The summed E-state index contributed by atoms with van der Waals surface area (Å²) in [6.45, 7) is 0. The summed E-state index contributed by atoms with van der Waals surface area (Å²) in [7, 11) is -4.67. The van der Waals surface area contributed by atoms with Crippen molar-refractivity contribution in [3.63, 3.8) is 0 Å². The number of hydrogen-bond acceptors (Lipinski definition) is 2. The van der Waals surface area contributed by atoms with E-state index >= 15 is 0 Å². The summed E-state index contributed by atoms with van der Waals surface area (Å²) in [5.41, 5.74) is 0. The fourth-order valence-electron chi connectivity index (χ4n) is 0. The van der Waals surface area contributed by atoms with Gasteiger partial charge in [0.25, 0.3) is 0 Å². The molecule has 4 nitrogen and oxygen atoms in total. The van der Waals surface area contributed by atoms with Gasteiger partial charge in [-0.25, -0.2) is 0 Å². The van der Waals surface area contributed by atoms with Crippen molar-refractivity contribution < 1.29 is 34.6 Å². The quantitative estimate of drug-likeness (QED) is 0.361. The molecule has 0 aliphatic carbocycles. The number of hydrogen-bond donors (Lipinski definition) is 2. The third-order valence-corrected chi connectivity index (χ3v) is 0. The maximum absolute atomic E-state index is 8.74. The second-order valence-electron chi connectivity index (χ2n) is 0.448. The molecule has 43 valence electrons. The van der Waals surface area contributed by atoms with Gasteiger partial charge in [0.1, 0.15) is 0 Å². The molecule has 0 bridgehead atoms. The normalized spacial score (nSPS) is 8.29. The Kier molecular flexibility index (Phi) is 13.1. The Morgan fingerprint density at radius 3 is 1.14 bits per heavy atom. The summed E-state index contributed by atoms with van der Waals surface area (Å²) in [6, 6.07) is 0. The molecule has 0 saturated heterocycles. The second-order valence-corrected chi connectivity index (χ2v) is 1.34. The van der Waals surface area contributed by atoms with Crippen LogP contribution in [0.15, 0.2) is 0 Å². The Balaban J connectivity index is -0.0000000800. The van der Waals surface area contributed by atoms with Gasteiger partial charge in [0.15, 0.2) is 0 Å². The molecule has 0 amide bonds. The molecule has 0 rings (SSSR count). The van der Waals surface area contributed by atoms with Crippen molar-refractivity contribution in [1.82, 2.24) is 0 Å². The Morgan fingerprint density at radius 1 is 1.14 bits per heavy atom. The summed E-state index contributed by atoms with van der Waals surface area (Å²) in [5, 5.41) is 0. The SMILES string of the molecule is O=S(=O)(O)O.[CaH2].[Mn]. The average molecular weight is 195 g/mol. The van der Waals surface area contributed by atoms with Crippen LogP contribution in [-0.2, 0) is 27.5 Å². The van der Waals surface area contributed by atoms with Crippen molar-refractivity contribution in [3.05, 3.63) is 0 Å². The summed E-state index contributed by atoms with van der Waals surface area (Å²) in [5.74, 6) is 0. The maximum atomic E-state index is 8.74. The molecule has 0 aliphatic rings. The Labute approximate surface area is 81.7 Å². The summed E-state index contributed by atoms with van der Waals surface area (Å²) in [6.07, 6.45) is 0. The van der Waals surface area contributed by atoms with Crippen molar-refractivity contribution in [3.8, 4) is 0 Å². The van der Waals surface area contributed by atoms with Gasteiger partial charge in [0, 0.05) is 17.1 Å². The fourth-order valence-corrected chi connectivity index (χ4v) is 0. The zero-order valence-electron chi connectivity index (χ0n) is 2.50. The van der Waals surface area contributed by atoms with Crippen molar-refractivity contribution in [2.75, 3.05) is 0 Å². The van der Waals surface area contributed by atoms with Crippen LogP contribution in [0.4, 0.5) is 0 Å². The van der Waals surface area contributed by atoms with Gasteiger partial charge >= 0.3 is 48.1 Å². The van der Waals surface area contributed by atoms with Gasteiger partial charge in [0.05, 0.1) is 0 Å². The molecule has 7 heteroatoms. The van der Waals surface area contributed by atoms with E-state index < -0.39 is 10.4 Å². The van der Waals surface area contributed by atoms with Gasteiger partial charge in [-0.2, -0.15) is 8.42 Å². The molecule has 0 fully saturated rings. The molecular formula is H4CaMnO4S. The molecule has 0 aliphatic heterocycles. The number of rotatable bonds is 0. The van der Waals surface area contributed by atoms with Gasteiger partial charge < -0.3 is 0 Å². The van der Waals surface area contributed by atoms with Crippen molar-refractivity contribution >= 4 is 48.1 Å². The van der Waals surface area contributed by atoms with Crippen LogP contribution in [0.2, 0.25) is 0 Å². The Morgan fingerprint density at radius 2 is 1.14 bits per heavy atom. The molecule has 0 aromatic carbocycles. The summed E-state index contributed by atoms with van der Waals surface area (Å²) in [4.78, 5) is 0. The Bertz CT molecular complexity index is 94.9. The van der Waals surface area contributed by atoms with E-state index in [1.807, 2.05) is 0 Å². The first kappa shape index (κ1) is 15.9. The average Bonchev–Trinajstić information content (AvgIpc) is 0.722. The molecule has 0 aromatic rings. The van der Waals surface area contributed by atoms with E-state index in [0.29, 0.717) is 0 Å². The largest absolute Gasteiger partial charge is 0 e. The van der Waals surface area contributed by atoms with E-state index in [4.69, 9.17) is 17.5 Å². The zero-order chi connectivity index (χ0) is 4.50. The van der Waals surface area contributed by atoms with Crippen LogP contribution >= 0.6 is 0 Å². The van der Waals surface area contributed by atoms with Crippen LogP contribution in [-0.4, -0.2) is 55.3 Å². The van der Waals surface area contributed by atoms with Crippen LogP contribution in [0.3, 0.4) is 0 Å². The van der Waals surface area contributed by atoms with E-state index in [9.17, 15) is 0 Å². The third-order valence-electron chi connectivity index (χ3n) is 0. The van der Waals surface area contributed by atoms with Gasteiger partial charge in [-0.15, -0.1) is 0 Å². The first-order chi connectivity index (χ1) is 2.00. The molecule has 2 N–H and O–H groups in total. The minimum Gasteiger partial charge on any atom is 0 e. The van der Waals surface area contributed by atoms with Gasteiger partial charge in [-0.3, -0.25) is 9.11 Å². The smallest absolute Gasteiger partial charge is 0 e. The third kappa shape index (κ3) is 89.8. The zero-order valence-corrected chi connectivity index (χ0v) is 4.49. The Hall–Kier alpha value is 1.65. The molecule has 0 atom stereocenters. The maximum Gasteiger partial charge on any atom is 0 e.